The highest BCUT2D eigenvalue weighted by Gasteiger charge is 2.23. The van der Waals surface area contributed by atoms with Crippen LogP contribution in [0.5, 0.6) is 0 Å². The fourth-order valence-electron chi connectivity index (χ4n) is 3.83. The van der Waals surface area contributed by atoms with Crippen LogP contribution in [-0.4, -0.2) is 51.9 Å². The Morgan fingerprint density at radius 2 is 1.92 bits per heavy atom. The van der Waals surface area contributed by atoms with Crippen molar-refractivity contribution in [1.29, 1.82) is 0 Å². The zero-order valence-electron chi connectivity index (χ0n) is 14.4. The largest absolute Gasteiger partial charge is 0.478 e. The highest BCUT2D eigenvalue weighted by Crippen LogP contribution is 2.29. The summed E-state index contributed by atoms with van der Waals surface area (Å²) >= 11 is 0. The number of fused-ring (bicyclic) bond motifs is 1. The van der Waals surface area contributed by atoms with Crippen LogP contribution in [0.1, 0.15) is 40.9 Å². The maximum absolute atomic E-state index is 11.0. The summed E-state index contributed by atoms with van der Waals surface area (Å²) in [5.74, 6) is 0.161. The average molecular weight is 340 g/mol. The Balaban J connectivity index is 1.55. The van der Waals surface area contributed by atoms with Gasteiger partial charge in [0.25, 0.3) is 0 Å². The van der Waals surface area contributed by atoms with Gasteiger partial charge in [-0.15, -0.1) is 0 Å². The number of nitrogens with one attached hydrogen (secondary N) is 1. The SMILES string of the molecule is O=C(O)c1ccc(-n2nc(CCN3CCCCC3)c3c2NCC3)cc1. The average Bonchev–Trinajstić information content (AvgIpc) is 3.24. The summed E-state index contributed by atoms with van der Waals surface area (Å²) in [5.41, 5.74) is 3.69. The Labute approximate surface area is 147 Å². The lowest BCUT2D eigenvalue weighted by Crippen LogP contribution is -2.31. The summed E-state index contributed by atoms with van der Waals surface area (Å²) in [6, 6.07) is 6.92. The number of hydrogen-bond donors (Lipinski definition) is 2. The van der Waals surface area contributed by atoms with Gasteiger partial charge in [0.05, 0.1) is 16.9 Å². The van der Waals surface area contributed by atoms with Gasteiger partial charge in [-0.3, -0.25) is 0 Å². The molecule has 2 aliphatic rings. The molecular formula is C19H24N4O2. The van der Waals surface area contributed by atoms with Gasteiger partial charge in [0.15, 0.2) is 0 Å². The number of hydrogen-bond acceptors (Lipinski definition) is 4. The number of anilines is 1. The predicted octanol–water partition coefficient (Wildman–Crippen LogP) is 2.57. The van der Waals surface area contributed by atoms with Crippen molar-refractivity contribution in [1.82, 2.24) is 14.7 Å². The van der Waals surface area contributed by atoms with Crippen LogP contribution >= 0.6 is 0 Å². The molecule has 1 aromatic heterocycles. The number of carboxylic acids is 1. The normalized spacial score (nSPS) is 17.3. The number of likely N-dealkylation sites (tertiary alicyclic amines) is 1. The van der Waals surface area contributed by atoms with Crippen LogP contribution in [0.25, 0.3) is 5.69 Å². The van der Waals surface area contributed by atoms with Crippen molar-refractivity contribution in [2.45, 2.75) is 32.1 Å². The van der Waals surface area contributed by atoms with Gasteiger partial charge >= 0.3 is 5.97 Å². The van der Waals surface area contributed by atoms with Gasteiger partial charge in [-0.25, -0.2) is 9.48 Å². The number of carbonyl (C=O) groups is 1. The molecule has 0 atom stereocenters. The standard InChI is InChI=1S/C19H24N4O2/c24-19(25)14-4-6-15(7-5-14)23-18-16(8-10-20-18)17(21-23)9-13-22-11-2-1-3-12-22/h4-7,20H,1-3,8-13H2,(H,24,25). The molecule has 0 unspecified atom stereocenters. The second kappa shape index (κ2) is 6.88. The van der Waals surface area contributed by atoms with E-state index in [1.165, 1.54) is 43.6 Å². The molecule has 0 radical (unpaired) electrons. The summed E-state index contributed by atoms with van der Waals surface area (Å²) in [5, 5.41) is 17.3. The summed E-state index contributed by atoms with van der Waals surface area (Å²) in [6.45, 7) is 4.42. The van der Waals surface area contributed by atoms with Gasteiger partial charge in [0.2, 0.25) is 0 Å². The quantitative estimate of drug-likeness (QED) is 0.875. The Kier molecular flexibility index (Phi) is 4.44. The van der Waals surface area contributed by atoms with E-state index in [2.05, 4.69) is 10.2 Å². The number of benzene rings is 1. The van der Waals surface area contributed by atoms with E-state index >= 15 is 0 Å². The zero-order chi connectivity index (χ0) is 17.2. The van der Waals surface area contributed by atoms with E-state index in [0.717, 1.165) is 37.4 Å². The molecular weight excluding hydrogens is 316 g/mol. The molecule has 2 N–H and O–H groups in total. The van der Waals surface area contributed by atoms with Crippen molar-refractivity contribution < 1.29 is 9.90 Å². The first-order chi connectivity index (χ1) is 12.2. The zero-order valence-corrected chi connectivity index (χ0v) is 14.4. The molecule has 4 rings (SSSR count). The molecule has 1 saturated heterocycles. The minimum atomic E-state index is -0.905. The summed E-state index contributed by atoms with van der Waals surface area (Å²) in [4.78, 5) is 13.6. The van der Waals surface area contributed by atoms with E-state index in [1.54, 1.807) is 12.1 Å². The maximum atomic E-state index is 11.0. The van der Waals surface area contributed by atoms with Gasteiger partial charge in [-0.2, -0.15) is 5.10 Å². The van der Waals surface area contributed by atoms with Gasteiger partial charge < -0.3 is 15.3 Å². The lowest BCUT2D eigenvalue weighted by molar-refractivity contribution is 0.0697. The van der Waals surface area contributed by atoms with E-state index in [1.807, 2.05) is 16.8 Å². The van der Waals surface area contributed by atoms with E-state index in [0.29, 0.717) is 5.56 Å². The lowest BCUT2D eigenvalue weighted by atomic mass is 10.1. The summed E-state index contributed by atoms with van der Waals surface area (Å²) in [7, 11) is 0. The molecule has 0 amide bonds. The topological polar surface area (TPSA) is 70.4 Å². The van der Waals surface area contributed by atoms with E-state index in [4.69, 9.17) is 10.2 Å². The van der Waals surface area contributed by atoms with Crippen molar-refractivity contribution in [2.75, 3.05) is 31.5 Å². The highest BCUT2D eigenvalue weighted by atomic mass is 16.4. The molecule has 25 heavy (non-hydrogen) atoms. The lowest BCUT2D eigenvalue weighted by Gasteiger charge is -2.26. The van der Waals surface area contributed by atoms with Crippen LogP contribution in [0.3, 0.4) is 0 Å². The summed E-state index contributed by atoms with van der Waals surface area (Å²) < 4.78 is 1.93. The Hall–Kier alpha value is -2.34. The molecule has 2 aromatic rings. The number of aromatic carboxylic acids is 1. The van der Waals surface area contributed by atoms with Crippen molar-refractivity contribution in [3.63, 3.8) is 0 Å². The molecule has 1 fully saturated rings. The van der Waals surface area contributed by atoms with Gasteiger partial charge in [0.1, 0.15) is 5.82 Å². The van der Waals surface area contributed by atoms with Crippen LogP contribution in [0.4, 0.5) is 5.82 Å². The molecule has 2 aliphatic heterocycles. The second-order valence-electron chi connectivity index (χ2n) is 6.87. The monoisotopic (exact) mass is 340 g/mol. The first-order valence-corrected chi connectivity index (χ1v) is 9.13. The number of carboxylic acid groups (broad SMARTS) is 1. The molecule has 0 saturated carbocycles. The molecule has 0 aliphatic carbocycles. The highest BCUT2D eigenvalue weighted by molar-refractivity contribution is 5.87. The van der Waals surface area contributed by atoms with Crippen LogP contribution < -0.4 is 5.32 Å². The number of aromatic nitrogens is 2. The minimum Gasteiger partial charge on any atom is -0.478 e. The fourth-order valence-corrected chi connectivity index (χ4v) is 3.83. The van der Waals surface area contributed by atoms with E-state index in [-0.39, 0.29) is 0 Å². The minimum absolute atomic E-state index is 0.297. The summed E-state index contributed by atoms with van der Waals surface area (Å²) in [6.07, 6.45) is 5.97. The predicted molar refractivity (Wildman–Crippen MR) is 96.7 cm³/mol. The molecule has 6 heteroatoms. The second-order valence-corrected chi connectivity index (χ2v) is 6.87. The van der Waals surface area contributed by atoms with Gasteiger partial charge in [-0.05, 0) is 56.6 Å². The Morgan fingerprint density at radius 1 is 1.16 bits per heavy atom. The molecule has 1 aromatic carbocycles. The first kappa shape index (κ1) is 16.1. The number of rotatable bonds is 5. The Morgan fingerprint density at radius 3 is 2.64 bits per heavy atom. The Bertz CT molecular complexity index is 760. The van der Waals surface area contributed by atoms with Gasteiger partial charge in [-0.1, -0.05) is 6.42 Å². The third-order valence-electron chi connectivity index (χ3n) is 5.21. The fraction of sp³-hybridized carbons (Fsp3) is 0.474. The first-order valence-electron chi connectivity index (χ1n) is 9.13. The molecule has 6 nitrogen and oxygen atoms in total. The molecule has 3 heterocycles. The van der Waals surface area contributed by atoms with Crippen LogP contribution in [0.2, 0.25) is 0 Å². The molecule has 0 spiro atoms. The third-order valence-corrected chi connectivity index (χ3v) is 5.21. The van der Waals surface area contributed by atoms with Crippen LogP contribution in [-0.2, 0) is 12.8 Å². The number of piperidine rings is 1. The van der Waals surface area contributed by atoms with E-state index in [9.17, 15) is 4.79 Å². The van der Waals surface area contributed by atoms with Crippen molar-refractivity contribution in [3.05, 3.63) is 41.1 Å². The smallest absolute Gasteiger partial charge is 0.335 e. The molecule has 132 valence electrons. The van der Waals surface area contributed by atoms with Crippen molar-refractivity contribution in [2.24, 2.45) is 0 Å². The van der Waals surface area contributed by atoms with Crippen LogP contribution in [0, 0.1) is 0 Å². The van der Waals surface area contributed by atoms with Crippen LogP contribution in [0.15, 0.2) is 24.3 Å². The van der Waals surface area contributed by atoms with Gasteiger partial charge in [0, 0.05) is 25.1 Å². The van der Waals surface area contributed by atoms with Crippen molar-refractivity contribution in [3.8, 4) is 5.69 Å². The third kappa shape index (κ3) is 3.26. The maximum Gasteiger partial charge on any atom is 0.335 e. The van der Waals surface area contributed by atoms with Crippen molar-refractivity contribution >= 4 is 11.8 Å². The molecule has 0 bridgehead atoms. The number of nitrogens with zero attached hydrogens (tertiary/aromatic N) is 3. The van der Waals surface area contributed by atoms with E-state index < -0.39 is 5.97 Å².